The van der Waals surface area contributed by atoms with Crippen molar-refractivity contribution < 1.29 is 4.74 Å². The van der Waals surface area contributed by atoms with Gasteiger partial charge in [-0.15, -0.1) is 24.0 Å². The summed E-state index contributed by atoms with van der Waals surface area (Å²) in [6.07, 6.45) is 4.68. The Labute approximate surface area is 187 Å². The van der Waals surface area contributed by atoms with Gasteiger partial charge in [0.25, 0.3) is 0 Å². The number of aryl methyl sites for hydroxylation is 1. The first-order valence-electron chi connectivity index (χ1n) is 9.46. The number of hydrogen-bond acceptors (Lipinski definition) is 4. The molecule has 0 fully saturated rings. The third kappa shape index (κ3) is 5.06. The van der Waals surface area contributed by atoms with Gasteiger partial charge in [-0.1, -0.05) is 12.1 Å². The van der Waals surface area contributed by atoms with Crippen LogP contribution >= 0.6 is 24.0 Å². The lowest BCUT2D eigenvalue weighted by molar-refractivity contribution is 0.415. The Kier molecular flexibility index (Phi) is 7.08. The lowest BCUT2D eigenvalue weighted by Crippen LogP contribution is -2.24. The molecule has 0 spiro atoms. The van der Waals surface area contributed by atoms with Crippen molar-refractivity contribution in [2.24, 2.45) is 10.7 Å². The molecule has 152 valence electrons. The normalized spacial score (nSPS) is 13.3. The highest BCUT2D eigenvalue weighted by Gasteiger charge is 2.13. The fraction of sp³-hybridized carbons (Fsp3) is 0.286. The Balaban J connectivity index is 0.00000240. The van der Waals surface area contributed by atoms with Crippen LogP contribution in [-0.2, 0) is 19.4 Å². The maximum Gasteiger partial charge on any atom is 0.193 e. The molecular weight excluding hydrogens is 479 g/mol. The highest BCUT2D eigenvalue weighted by Crippen LogP contribution is 2.27. The minimum absolute atomic E-state index is 0. The third-order valence-corrected chi connectivity index (χ3v) is 4.94. The number of ether oxygens (including phenoxy) is 1. The molecule has 0 radical (unpaired) electrons. The molecule has 0 amide bonds. The van der Waals surface area contributed by atoms with Crippen molar-refractivity contribution >= 4 is 35.6 Å². The number of nitrogens with two attached hydrogens (primary N) is 1. The van der Waals surface area contributed by atoms with E-state index in [0.717, 1.165) is 29.8 Å². The second-order valence-electron chi connectivity index (χ2n) is 6.81. The van der Waals surface area contributed by atoms with Gasteiger partial charge in [0, 0.05) is 11.3 Å². The van der Waals surface area contributed by atoms with Crippen LogP contribution in [-0.4, -0.2) is 28.3 Å². The summed E-state index contributed by atoms with van der Waals surface area (Å²) in [4.78, 5) is 8.89. The number of halogens is 1. The zero-order valence-electron chi connectivity index (χ0n) is 16.3. The molecule has 1 aromatic heterocycles. The van der Waals surface area contributed by atoms with Crippen LogP contribution in [0.4, 0.5) is 5.69 Å². The molecule has 0 saturated heterocycles. The van der Waals surface area contributed by atoms with E-state index in [1.54, 1.807) is 7.11 Å². The van der Waals surface area contributed by atoms with Crippen LogP contribution in [0.2, 0.25) is 0 Å². The molecule has 4 N–H and O–H groups in total. The van der Waals surface area contributed by atoms with Crippen molar-refractivity contribution in [1.82, 2.24) is 15.2 Å². The largest absolute Gasteiger partial charge is 0.497 e. The molecule has 0 bridgehead atoms. The SMILES string of the molecule is COc1ccc(-c2n[nH]c(CN=C(N)Nc3cccc4c3CCCC4)n2)cc1.I. The standard InChI is InChI=1S/C21H24N6O.HI/c1-28-16-11-9-15(10-12-16)20-25-19(26-27-20)13-23-21(22)24-18-8-4-6-14-5-2-3-7-17(14)18;/h4,6,8-12H,2-3,5,7,13H2,1H3,(H3,22,23,24)(H,25,26,27);1H. The van der Waals surface area contributed by atoms with Gasteiger partial charge in [0.15, 0.2) is 11.8 Å². The van der Waals surface area contributed by atoms with E-state index < -0.39 is 0 Å². The summed E-state index contributed by atoms with van der Waals surface area (Å²) in [6.45, 7) is 0.330. The van der Waals surface area contributed by atoms with E-state index in [4.69, 9.17) is 10.5 Å². The first kappa shape index (κ1) is 21.1. The number of benzene rings is 2. The Morgan fingerprint density at radius 2 is 1.97 bits per heavy atom. The van der Waals surface area contributed by atoms with Gasteiger partial charge in [0.2, 0.25) is 0 Å². The number of fused-ring (bicyclic) bond motifs is 1. The fourth-order valence-corrected chi connectivity index (χ4v) is 3.47. The van der Waals surface area contributed by atoms with E-state index in [1.807, 2.05) is 24.3 Å². The number of aromatic nitrogens is 3. The van der Waals surface area contributed by atoms with Crippen LogP contribution in [0.15, 0.2) is 47.5 Å². The molecule has 0 saturated carbocycles. The van der Waals surface area contributed by atoms with Crippen molar-refractivity contribution in [3.05, 3.63) is 59.4 Å². The monoisotopic (exact) mass is 504 g/mol. The molecular formula is C21H25IN6O. The fourth-order valence-electron chi connectivity index (χ4n) is 3.47. The van der Waals surface area contributed by atoms with Crippen LogP contribution in [0.25, 0.3) is 11.4 Å². The quantitative estimate of drug-likeness (QED) is 0.278. The van der Waals surface area contributed by atoms with Gasteiger partial charge in [-0.25, -0.2) is 9.98 Å². The van der Waals surface area contributed by atoms with Crippen molar-refractivity contribution in [2.75, 3.05) is 12.4 Å². The van der Waals surface area contributed by atoms with Crippen LogP contribution in [0, 0.1) is 0 Å². The average Bonchev–Trinajstić information content (AvgIpc) is 3.22. The van der Waals surface area contributed by atoms with Crippen molar-refractivity contribution in [3.63, 3.8) is 0 Å². The molecule has 1 heterocycles. The van der Waals surface area contributed by atoms with Gasteiger partial charge in [0.1, 0.15) is 18.1 Å². The smallest absolute Gasteiger partial charge is 0.193 e. The minimum atomic E-state index is 0. The average molecular weight is 504 g/mol. The molecule has 29 heavy (non-hydrogen) atoms. The van der Waals surface area contributed by atoms with Crippen LogP contribution in [0.5, 0.6) is 5.75 Å². The number of hydrogen-bond donors (Lipinski definition) is 3. The molecule has 2 aromatic carbocycles. The van der Waals surface area contributed by atoms with Crippen LogP contribution in [0.1, 0.15) is 29.8 Å². The zero-order chi connectivity index (χ0) is 19.3. The van der Waals surface area contributed by atoms with Gasteiger partial charge in [0.05, 0.1) is 7.11 Å². The lowest BCUT2D eigenvalue weighted by atomic mass is 9.90. The number of H-pyrrole nitrogens is 1. The second-order valence-corrected chi connectivity index (χ2v) is 6.81. The van der Waals surface area contributed by atoms with Gasteiger partial charge < -0.3 is 15.8 Å². The Hall–Kier alpha value is -2.62. The van der Waals surface area contributed by atoms with Crippen LogP contribution < -0.4 is 15.8 Å². The van der Waals surface area contributed by atoms with Crippen molar-refractivity contribution in [2.45, 2.75) is 32.2 Å². The van der Waals surface area contributed by atoms with Crippen molar-refractivity contribution in [3.8, 4) is 17.1 Å². The predicted molar refractivity (Wildman–Crippen MR) is 126 cm³/mol. The Bertz CT molecular complexity index is 983. The predicted octanol–water partition coefficient (Wildman–Crippen LogP) is 3.90. The third-order valence-electron chi connectivity index (χ3n) is 4.94. The summed E-state index contributed by atoms with van der Waals surface area (Å²) in [5, 5.41) is 10.4. The van der Waals surface area contributed by atoms with E-state index in [0.29, 0.717) is 24.2 Å². The molecule has 0 unspecified atom stereocenters. The summed E-state index contributed by atoms with van der Waals surface area (Å²) >= 11 is 0. The number of aliphatic imine (C=N–C) groups is 1. The van der Waals surface area contributed by atoms with Gasteiger partial charge >= 0.3 is 0 Å². The summed E-state index contributed by atoms with van der Waals surface area (Å²) in [6, 6.07) is 13.9. The molecule has 4 rings (SSSR count). The van der Waals surface area contributed by atoms with Gasteiger partial charge in [-0.2, -0.15) is 5.10 Å². The van der Waals surface area contributed by atoms with Crippen LogP contribution in [0.3, 0.4) is 0 Å². The number of aromatic amines is 1. The molecule has 1 aliphatic carbocycles. The molecule has 1 aliphatic rings. The molecule has 0 aliphatic heterocycles. The second kappa shape index (κ2) is 9.73. The van der Waals surface area contributed by atoms with E-state index in [2.05, 4.69) is 43.7 Å². The van der Waals surface area contributed by atoms with Crippen molar-refractivity contribution in [1.29, 1.82) is 0 Å². The van der Waals surface area contributed by atoms with E-state index in [1.165, 1.54) is 24.0 Å². The Morgan fingerprint density at radius 1 is 1.17 bits per heavy atom. The molecule has 7 nitrogen and oxygen atoms in total. The number of methoxy groups -OCH3 is 1. The number of anilines is 1. The van der Waals surface area contributed by atoms with E-state index >= 15 is 0 Å². The molecule has 3 aromatic rings. The molecule has 8 heteroatoms. The van der Waals surface area contributed by atoms with E-state index in [9.17, 15) is 0 Å². The topological polar surface area (TPSA) is 101 Å². The summed E-state index contributed by atoms with van der Waals surface area (Å²) in [5.74, 6) is 2.45. The zero-order valence-corrected chi connectivity index (χ0v) is 18.6. The first-order valence-corrected chi connectivity index (χ1v) is 9.46. The summed E-state index contributed by atoms with van der Waals surface area (Å²) < 4.78 is 5.17. The summed E-state index contributed by atoms with van der Waals surface area (Å²) in [7, 11) is 1.64. The number of guanidine groups is 1. The summed E-state index contributed by atoms with van der Waals surface area (Å²) in [5.41, 5.74) is 10.8. The number of nitrogens with zero attached hydrogens (tertiary/aromatic N) is 3. The lowest BCUT2D eigenvalue weighted by Gasteiger charge is -2.19. The maximum atomic E-state index is 6.10. The van der Waals surface area contributed by atoms with Gasteiger partial charge in [-0.05, 0) is 67.1 Å². The highest BCUT2D eigenvalue weighted by molar-refractivity contribution is 14.0. The number of rotatable bonds is 5. The maximum absolute atomic E-state index is 6.10. The Morgan fingerprint density at radius 3 is 2.76 bits per heavy atom. The molecule has 0 atom stereocenters. The first-order chi connectivity index (χ1) is 13.7. The number of nitrogens with one attached hydrogen (secondary N) is 2. The van der Waals surface area contributed by atoms with Gasteiger partial charge in [-0.3, -0.25) is 5.10 Å². The highest BCUT2D eigenvalue weighted by atomic mass is 127. The minimum Gasteiger partial charge on any atom is -0.497 e. The van der Waals surface area contributed by atoms with E-state index in [-0.39, 0.29) is 24.0 Å².